The number of benzene rings is 2. The minimum atomic E-state index is -0.433. The maximum absolute atomic E-state index is 12.3. The largest absolute Gasteiger partial charge is 0.491 e. The Balaban J connectivity index is 1.80. The Morgan fingerprint density at radius 3 is 2.43 bits per heavy atom. The molecule has 0 atom stereocenters. The Kier molecular flexibility index (Phi) is 8.61. The van der Waals surface area contributed by atoms with Gasteiger partial charge in [-0.15, -0.1) is 0 Å². The average Bonchev–Trinajstić information content (AvgIpc) is 2.70. The van der Waals surface area contributed by atoms with Crippen molar-refractivity contribution in [3.63, 3.8) is 0 Å². The van der Waals surface area contributed by atoms with Crippen LogP contribution in [-0.4, -0.2) is 29.6 Å². The molecule has 0 bridgehead atoms. The molecule has 2 amide bonds. The molecule has 2 rings (SSSR count). The monoisotopic (exact) mass is 429 g/mol. The van der Waals surface area contributed by atoms with E-state index in [-0.39, 0.29) is 23.7 Å². The van der Waals surface area contributed by atoms with Gasteiger partial charge in [-0.3, -0.25) is 25.8 Å². The summed E-state index contributed by atoms with van der Waals surface area (Å²) in [5.41, 5.74) is 6.30. The van der Waals surface area contributed by atoms with Gasteiger partial charge >= 0.3 is 0 Å². The van der Waals surface area contributed by atoms with Crippen LogP contribution in [0, 0.1) is 0 Å². The van der Waals surface area contributed by atoms with Crippen LogP contribution >= 0.6 is 12.2 Å². The van der Waals surface area contributed by atoms with Gasteiger partial charge in [0.05, 0.1) is 6.10 Å². The van der Waals surface area contributed by atoms with E-state index in [4.69, 9.17) is 21.7 Å². The van der Waals surface area contributed by atoms with Gasteiger partial charge in [-0.2, -0.15) is 0 Å². The highest BCUT2D eigenvalue weighted by Crippen LogP contribution is 2.25. The molecule has 0 aliphatic rings. The Bertz CT molecular complexity index is 899. The number of ether oxygens (including phenoxy) is 2. The SMILES string of the molecule is CC(C)Oc1cccc(C(=O)NC(=S)NNC(=O)COc2ccccc2C(C)C)c1. The highest BCUT2D eigenvalue weighted by atomic mass is 32.1. The van der Waals surface area contributed by atoms with E-state index in [2.05, 4.69) is 30.0 Å². The van der Waals surface area contributed by atoms with Crippen LogP contribution in [0.5, 0.6) is 11.5 Å². The van der Waals surface area contributed by atoms with E-state index in [1.165, 1.54) is 0 Å². The molecule has 7 nitrogen and oxygen atoms in total. The van der Waals surface area contributed by atoms with E-state index in [1.807, 2.05) is 38.1 Å². The van der Waals surface area contributed by atoms with Crippen LogP contribution in [0.15, 0.2) is 48.5 Å². The van der Waals surface area contributed by atoms with E-state index in [0.29, 0.717) is 17.1 Å². The summed E-state index contributed by atoms with van der Waals surface area (Å²) in [7, 11) is 0. The predicted octanol–water partition coefficient (Wildman–Crippen LogP) is 3.31. The smallest absolute Gasteiger partial charge is 0.276 e. The van der Waals surface area contributed by atoms with Crippen molar-refractivity contribution in [1.82, 2.24) is 16.2 Å². The Hall–Kier alpha value is -3.13. The van der Waals surface area contributed by atoms with E-state index in [1.54, 1.807) is 24.3 Å². The van der Waals surface area contributed by atoms with Gasteiger partial charge in [-0.1, -0.05) is 38.1 Å². The van der Waals surface area contributed by atoms with Gasteiger partial charge in [0.15, 0.2) is 11.7 Å². The van der Waals surface area contributed by atoms with E-state index in [9.17, 15) is 9.59 Å². The highest BCUT2D eigenvalue weighted by molar-refractivity contribution is 7.80. The van der Waals surface area contributed by atoms with Crippen molar-refractivity contribution in [1.29, 1.82) is 0 Å². The molecular formula is C22H27N3O4S. The number of hydrogen-bond donors (Lipinski definition) is 3. The van der Waals surface area contributed by atoms with Crippen LogP contribution in [0.4, 0.5) is 0 Å². The summed E-state index contributed by atoms with van der Waals surface area (Å²) in [6.45, 7) is 7.71. The van der Waals surface area contributed by atoms with Gasteiger partial charge in [-0.05, 0) is 61.8 Å². The number of amides is 2. The topological polar surface area (TPSA) is 88.7 Å². The molecule has 3 N–H and O–H groups in total. The quantitative estimate of drug-likeness (QED) is 0.462. The third kappa shape index (κ3) is 7.36. The van der Waals surface area contributed by atoms with Crippen molar-refractivity contribution in [3.8, 4) is 11.5 Å². The molecule has 2 aromatic rings. The van der Waals surface area contributed by atoms with Crippen LogP contribution in [0.3, 0.4) is 0 Å². The van der Waals surface area contributed by atoms with Crippen molar-refractivity contribution in [3.05, 3.63) is 59.7 Å². The predicted molar refractivity (Wildman–Crippen MR) is 120 cm³/mol. The number of carbonyl (C=O) groups is 2. The molecule has 160 valence electrons. The van der Waals surface area contributed by atoms with Gasteiger partial charge < -0.3 is 9.47 Å². The second kappa shape index (κ2) is 11.2. The van der Waals surface area contributed by atoms with E-state index in [0.717, 1.165) is 5.56 Å². The summed E-state index contributed by atoms with van der Waals surface area (Å²) in [4.78, 5) is 24.3. The number of rotatable bonds is 7. The third-order valence-corrected chi connectivity index (χ3v) is 4.11. The van der Waals surface area contributed by atoms with Gasteiger partial charge in [0, 0.05) is 5.56 Å². The zero-order valence-corrected chi connectivity index (χ0v) is 18.3. The first kappa shape index (κ1) is 23.2. The first-order valence-corrected chi connectivity index (χ1v) is 10.1. The maximum Gasteiger partial charge on any atom is 0.276 e. The minimum absolute atomic E-state index is 0.00371. The number of para-hydroxylation sites is 1. The molecule has 8 heteroatoms. The minimum Gasteiger partial charge on any atom is -0.491 e. The Morgan fingerprint density at radius 2 is 1.73 bits per heavy atom. The Labute approximate surface area is 182 Å². The lowest BCUT2D eigenvalue weighted by molar-refractivity contribution is -0.123. The fraction of sp³-hybridized carbons (Fsp3) is 0.318. The lowest BCUT2D eigenvalue weighted by Gasteiger charge is -2.15. The molecule has 0 unspecified atom stereocenters. The van der Waals surface area contributed by atoms with Crippen molar-refractivity contribution in [2.75, 3.05) is 6.61 Å². The molecule has 2 aromatic carbocycles. The summed E-state index contributed by atoms with van der Waals surface area (Å²) in [5, 5.41) is 2.46. The lowest BCUT2D eigenvalue weighted by atomic mass is 10.0. The number of hydrogen-bond acceptors (Lipinski definition) is 5. The van der Waals surface area contributed by atoms with E-state index < -0.39 is 11.8 Å². The van der Waals surface area contributed by atoms with Crippen molar-refractivity contribution in [2.24, 2.45) is 0 Å². The molecule has 0 aromatic heterocycles. The summed E-state index contributed by atoms with van der Waals surface area (Å²) in [5.74, 6) is 0.663. The molecule has 0 fully saturated rings. The first-order chi connectivity index (χ1) is 14.3. The summed E-state index contributed by atoms with van der Waals surface area (Å²) < 4.78 is 11.2. The molecule has 0 aliphatic carbocycles. The number of thiocarbonyl (C=S) groups is 1. The highest BCUT2D eigenvalue weighted by Gasteiger charge is 2.12. The Morgan fingerprint density at radius 1 is 1.00 bits per heavy atom. The van der Waals surface area contributed by atoms with Crippen molar-refractivity contribution < 1.29 is 19.1 Å². The number of nitrogens with one attached hydrogen (secondary N) is 3. The zero-order chi connectivity index (χ0) is 22.1. The van der Waals surface area contributed by atoms with Crippen LogP contribution in [0.25, 0.3) is 0 Å². The molecule has 0 aliphatic heterocycles. The zero-order valence-electron chi connectivity index (χ0n) is 17.5. The number of carbonyl (C=O) groups excluding carboxylic acids is 2. The first-order valence-electron chi connectivity index (χ1n) is 9.65. The van der Waals surface area contributed by atoms with Crippen molar-refractivity contribution in [2.45, 2.75) is 39.7 Å². The molecule has 0 saturated carbocycles. The fourth-order valence-corrected chi connectivity index (χ4v) is 2.73. The standard InChI is InChI=1S/C22H27N3O4S/c1-14(2)18-10-5-6-11-19(18)28-13-20(26)24-25-22(30)23-21(27)16-8-7-9-17(12-16)29-15(3)4/h5-12,14-15H,13H2,1-4H3,(H,24,26)(H2,23,25,27,30). The van der Waals surface area contributed by atoms with E-state index >= 15 is 0 Å². The molecule has 0 saturated heterocycles. The van der Waals surface area contributed by atoms with Crippen LogP contribution < -0.4 is 25.6 Å². The second-order valence-electron chi connectivity index (χ2n) is 7.13. The van der Waals surface area contributed by atoms with Gasteiger partial charge in [0.2, 0.25) is 0 Å². The lowest BCUT2D eigenvalue weighted by Crippen LogP contribution is -2.49. The fourth-order valence-electron chi connectivity index (χ4n) is 2.58. The van der Waals surface area contributed by atoms with Gasteiger partial charge in [0.25, 0.3) is 11.8 Å². The molecule has 30 heavy (non-hydrogen) atoms. The van der Waals surface area contributed by atoms with Gasteiger partial charge in [-0.25, -0.2) is 0 Å². The van der Waals surface area contributed by atoms with Crippen LogP contribution in [0.2, 0.25) is 0 Å². The third-order valence-electron chi connectivity index (χ3n) is 3.91. The van der Waals surface area contributed by atoms with Crippen LogP contribution in [-0.2, 0) is 4.79 Å². The molecular weight excluding hydrogens is 402 g/mol. The molecule has 0 spiro atoms. The van der Waals surface area contributed by atoms with Crippen molar-refractivity contribution >= 4 is 29.1 Å². The molecule has 0 radical (unpaired) electrons. The summed E-state index contributed by atoms with van der Waals surface area (Å²) in [6, 6.07) is 14.3. The normalized spacial score (nSPS) is 10.5. The summed E-state index contributed by atoms with van der Waals surface area (Å²) in [6.07, 6.45) is -0.00371. The number of hydrazine groups is 1. The van der Waals surface area contributed by atoms with Crippen LogP contribution in [0.1, 0.15) is 49.5 Å². The maximum atomic E-state index is 12.3. The average molecular weight is 430 g/mol. The molecule has 0 heterocycles. The second-order valence-corrected chi connectivity index (χ2v) is 7.54. The summed E-state index contributed by atoms with van der Waals surface area (Å²) >= 11 is 5.05. The van der Waals surface area contributed by atoms with Gasteiger partial charge in [0.1, 0.15) is 11.5 Å².